The number of aliphatic hydroxyl groups is 1. The molecule has 0 bridgehead atoms. The van der Waals surface area contributed by atoms with Crippen LogP contribution in [0, 0.1) is 11.3 Å². The lowest BCUT2D eigenvalue weighted by Gasteiger charge is -2.51. The summed E-state index contributed by atoms with van der Waals surface area (Å²) in [5, 5.41) is 15.3. The molecule has 6 heteroatoms. The van der Waals surface area contributed by atoms with Crippen LogP contribution in [0.3, 0.4) is 0 Å². The van der Waals surface area contributed by atoms with Crippen molar-refractivity contribution in [3.8, 4) is 0 Å². The molecule has 0 unspecified atom stereocenters. The summed E-state index contributed by atoms with van der Waals surface area (Å²) in [6.07, 6.45) is 2.96. The van der Waals surface area contributed by atoms with E-state index >= 15 is 0 Å². The molecule has 170 valence electrons. The molecule has 2 aliphatic rings. The van der Waals surface area contributed by atoms with Gasteiger partial charge in [0.05, 0.1) is 11.5 Å². The van der Waals surface area contributed by atoms with Gasteiger partial charge < -0.3 is 15.3 Å². The van der Waals surface area contributed by atoms with Gasteiger partial charge in [-0.3, -0.25) is 9.59 Å². The van der Waals surface area contributed by atoms with Crippen LogP contribution in [0.15, 0.2) is 54.6 Å². The average Bonchev–Trinajstić information content (AvgIpc) is 3.24. The molecule has 0 aromatic heterocycles. The van der Waals surface area contributed by atoms with Crippen molar-refractivity contribution in [2.45, 2.75) is 51.2 Å². The van der Waals surface area contributed by atoms with E-state index in [2.05, 4.69) is 5.32 Å². The zero-order valence-corrected chi connectivity index (χ0v) is 19.4. The number of carbonyl (C=O) groups is 2. The SMILES string of the molecule is CC1(C)CN(C(=O)[C@H]2CCC[C@H]2NC(=O)c2ccccc2)CC[C@]1(O)c1ccc(Cl)cc1. The minimum absolute atomic E-state index is 0.0760. The van der Waals surface area contributed by atoms with Gasteiger partial charge in [0.25, 0.3) is 5.91 Å². The Balaban J connectivity index is 1.45. The van der Waals surface area contributed by atoms with Crippen molar-refractivity contribution in [1.29, 1.82) is 0 Å². The van der Waals surface area contributed by atoms with E-state index in [-0.39, 0.29) is 23.8 Å². The summed E-state index contributed by atoms with van der Waals surface area (Å²) in [5.74, 6) is -0.279. The van der Waals surface area contributed by atoms with E-state index < -0.39 is 11.0 Å². The number of halogens is 1. The normalized spacial score (nSPS) is 27.2. The van der Waals surface area contributed by atoms with E-state index in [0.717, 1.165) is 24.8 Å². The number of nitrogens with one attached hydrogen (secondary N) is 1. The Morgan fingerprint density at radius 1 is 1.06 bits per heavy atom. The fourth-order valence-electron chi connectivity index (χ4n) is 5.28. The molecule has 3 atom stereocenters. The van der Waals surface area contributed by atoms with Crippen LogP contribution < -0.4 is 5.32 Å². The molecule has 0 radical (unpaired) electrons. The second-order valence-electron chi connectivity index (χ2n) is 9.74. The lowest BCUT2D eigenvalue weighted by Crippen LogP contribution is -2.58. The van der Waals surface area contributed by atoms with Crippen LogP contribution in [0.5, 0.6) is 0 Å². The molecule has 1 aliphatic heterocycles. The number of piperidine rings is 1. The zero-order chi connectivity index (χ0) is 22.9. The maximum absolute atomic E-state index is 13.5. The molecular formula is C26H31ClN2O3. The predicted octanol–water partition coefficient (Wildman–Crippen LogP) is 4.38. The highest BCUT2D eigenvalue weighted by Gasteiger charge is 2.50. The first-order valence-electron chi connectivity index (χ1n) is 11.3. The van der Waals surface area contributed by atoms with Gasteiger partial charge in [-0.15, -0.1) is 0 Å². The number of rotatable bonds is 4. The van der Waals surface area contributed by atoms with Crippen LogP contribution in [-0.4, -0.2) is 41.0 Å². The Hall–Kier alpha value is -2.37. The molecule has 1 saturated carbocycles. The van der Waals surface area contributed by atoms with Crippen molar-refractivity contribution in [3.63, 3.8) is 0 Å². The van der Waals surface area contributed by atoms with Crippen LogP contribution >= 0.6 is 11.6 Å². The fraction of sp³-hybridized carbons (Fsp3) is 0.462. The van der Waals surface area contributed by atoms with Gasteiger partial charge in [0, 0.05) is 35.1 Å². The van der Waals surface area contributed by atoms with Gasteiger partial charge >= 0.3 is 0 Å². The molecule has 1 heterocycles. The van der Waals surface area contributed by atoms with Crippen molar-refractivity contribution in [3.05, 3.63) is 70.7 Å². The molecule has 1 aliphatic carbocycles. The molecule has 4 rings (SSSR count). The van der Waals surface area contributed by atoms with Crippen LogP contribution in [0.4, 0.5) is 0 Å². The summed E-state index contributed by atoms with van der Waals surface area (Å²) in [4.78, 5) is 28.0. The van der Waals surface area contributed by atoms with Gasteiger partial charge in [0.15, 0.2) is 0 Å². The van der Waals surface area contributed by atoms with E-state index in [1.165, 1.54) is 0 Å². The highest BCUT2D eigenvalue weighted by Crippen LogP contribution is 2.46. The number of nitrogens with zero attached hydrogens (tertiary/aromatic N) is 1. The molecular weight excluding hydrogens is 424 g/mol. The fourth-order valence-corrected chi connectivity index (χ4v) is 5.40. The molecule has 2 aromatic rings. The van der Waals surface area contributed by atoms with Gasteiger partial charge in [-0.1, -0.05) is 62.2 Å². The second kappa shape index (κ2) is 8.87. The number of hydrogen-bond donors (Lipinski definition) is 2. The minimum atomic E-state index is -1.04. The van der Waals surface area contributed by atoms with E-state index in [1.54, 1.807) is 24.3 Å². The molecule has 0 spiro atoms. The standard InChI is InChI=1S/C26H31ClN2O3/c1-25(2)17-29(16-15-26(25,32)19-11-13-20(27)14-12-19)24(31)21-9-6-10-22(21)28-23(30)18-7-4-3-5-8-18/h3-5,7-8,11-14,21-22,32H,6,9-10,15-17H2,1-2H3,(H,28,30)/t21-,22+,26-/m0/s1. The highest BCUT2D eigenvalue weighted by atomic mass is 35.5. The maximum Gasteiger partial charge on any atom is 0.251 e. The molecule has 32 heavy (non-hydrogen) atoms. The number of hydrogen-bond acceptors (Lipinski definition) is 3. The van der Waals surface area contributed by atoms with Gasteiger partial charge in [-0.05, 0) is 49.1 Å². The van der Waals surface area contributed by atoms with Crippen LogP contribution in [0.1, 0.15) is 55.5 Å². The largest absolute Gasteiger partial charge is 0.384 e. The highest BCUT2D eigenvalue weighted by molar-refractivity contribution is 6.30. The third-order valence-corrected chi connectivity index (χ3v) is 7.52. The first-order valence-corrected chi connectivity index (χ1v) is 11.7. The quantitative estimate of drug-likeness (QED) is 0.720. The number of carbonyl (C=O) groups excluding carboxylic acids is 2. The number of likely N-dealkylation sites (tertiary alicyclic amines) is 1. The van der Waals surface area contributed by atoms with Gasteiger partial charge in [0.1, 0.15) is 0 Å². The van der Waals surface area contributed by atoms with Gasteiger partial charge in [-0.25, -0.2) is 0 Å². The zero-order valence-electron chi connectivity index (χ0n) is 18.7. The van der Waals surface area contributed by atoms with Crippen molar-refractivity contribution in [2.24, 2.45) is 11.3 Å². The molecule has 5 nitrogen and oxygen atoms in total. The molecule has 1 saturated heterocycles. The summed E-state index contributed by atoms with van der Waals surface area (Å²) < 4.78 is 0. The second-order valence-corrected chi connectivity index (χ2v) is 10.2. The monoisotopic (exact) mass is 454 g/mol. The van der Waals surface area contributed by atoms with Gasteiger partial charge in [0.2, 0.25) is 5.91 Å². The Labute approximate surface area is 194 Å². The smallest absolute Gasteiger partial charge is 0.251 e. The molecule has 2 amide bonds. The lowest BCUT2D eigenvalue weighted by atomic mass is 9.66. The minimum Gasteiger partial charge on any atom is -0.384 e. The van der Waals surface area contributed by atoms with Crippen LogP contribution in [-0.2, 0) is 10.4 Å². The van der Waals surface area contributed by atoms with E-state index in [4.69, 9.17) is 11.6 Å². The van der Waals surface area contributed by atoms with Crippen molar-refractivity contribution >= 4 is 23.4 Å². The predicted molar refractivity (Wildman–Crippen MR) is 125 cm³/mol. The Bertz CT molecular complexity index is 976. The lowest BCUT2D eigenvalue weighted by molar-refractivity contribution is -0.156. The van der Waals surface area contributed by atoms with Crippen molar-refractivity contribution in [2.75, 3.05) is 13.1 Å². The third kappa shape index (κ3) is 4.28. The number of amides is 2. The third-order valence-electron chi connectivity index (χ3n) is 7.27. The number of benzene rings is 2. The topological polar surface area (TPSA) is 69.6 Å². The summed E-state index contributed by atoms with van der Waals surface area (Å²) in [6, 6.07) is 16.3. The molecule has 2 aromatic carbocycles. The Morgan fingerprint density at radius 2 is 1.75 bits per heavy atom. The van der Waals surface area contributed by atoms with Crippen molar-refractivity contribution < 1.29 is 14.7 Å². The van der Waals surface area contributed by atoms with E-state index in [9.17, 15) is 14.7 Å². The van der Waals surface area contributed by atoms with E-state index in [1.807, 2.05) is 49.1 Å². The maximum atomic E-state index is 13.5. The Morgan fingerprint density at radius 3 is 2.41 bits per heavy atom. The average molecular weight is 455 g/mol. The first-order chi connectivity index (χ1) is 15.2. The van der Waals surface area contributed by atoms with Crippen LogP contribution in [0.2, 0.25) is 5.02 Å². The van der Waals surface area contributed by atoms with Crippen LogP contribution in [0.25, 0.3) is 0 Å². The summed E-state index contributed by atoms with van der Waals surface area (Å²) in [5.41, 5.74) is -0.133. The Kier molecular flexibility index (Phi) is 6.33. The molecule has 2 N–H and O–H groups in total. The van der Waals surface area contributed by atoms with Gasteiger partial charge in [-0.2, -0.15) is 0 Å². The van der Waals surface area contributed by atoms with E-state index in [0.29, 0.717) is 30.1 Å². The summed E-state index contributed by atoms with van der Waals surface area (Å²) in [7, 11) is 0. The first kappa shape index (κ1) is 22.8. The van der Waals surface area contributed by atoms with Crippen molar-refractivity contribution in [1.82, 2.24) is 10.2 Å². The summed E-state index contributed by atoms with van der Waals surface area (Å²) >= 11 is 6.03. The molecule has 2 fully saturated rings. The summed E-state index contributed by atoms with van der Waals surface area (Å²) in [6.45, 7) is 4.95.